The van der Waals surface area contributed by atoms with Gasteiger partial charge in [0.1, 0.15) is 10.7 Å². The van der Waals surface area contributed by atoms with Crippen LogP contribution < -0.4 is 5.01 Å². The number of hydrazone groups is 1. The molecule has 4 aromatic rings. The Bertz CT molecular complexity index is 1640. The van der Waals surface area contributed by atoms with Crippen LogP contribution in [-0.4, -0.2) is 61.1 Å². The van der Waals surface area contributed by atoms with E-state index >= 15 is 0 Å². The normalized spacial score (nSPS) is 14.8. The molecular formula is C23H18FN5O7S2. The average molecular weight is 560 g/mol. The Labute approximate surface area is 218 Å². The second-order valence-electron chi connectivity index (χ2n) is 7.94. The first kappa shape index (κ1) is 25.6. The molecule has 0 spiro atoms. The molecule has 5 rings (SSSR count). The van der Waals surface area contributed by atoms with E-state index in [1.54, 1.807) is 0 Å². The topological polar surface area (TPSA) is 148 Å². The van der Waals surface area contributed by atoms with Crippen LogP contribution in [0.2, 0.25) is 0 Å². The number of carbonyl (C=O) groups excluding carboxylic acids is 1. The van der Waals surface area contributed by atoms with Crippen molar-refractivity contribution in [3.05, 3.63) is 81.9 Å². The number of morpholine rings is 1. The lowest BCUT2D eigenvalue weighted by Crippen LogP contribution is -2.40. The standard InChI is InChI=1S/C23H18FN5O7S2/c24-16-3-7-19-20(13-16)37-23(26-19)28(25-14-17-4-8-21(36-17)29(31)32)22(30)15-1-5-18(6-2-15)38(33,34)27-9-11-35-12-10-27/h1-8,13-14H,9-12H2/b25-14+. The number of aromatic nitrogens is 1. The van der Waals surface area contributed by atoms with Gasteiger partial charge >= 0.3 is 5.88 Å². The number of furan rings is 1. The molecule has 1 saturated heterocycles. The van der Waals surface area contributed by atoms with Gasteiger partial charge in [0.15, 0.2) is 5.76 Å². The summed E-state index contributed by atoms with van der Waals surface area (Å²) in [7, 11) is -3.76. The highest BCUT2D eigenvalue weighted by Gasteiger charge is 2.27. The highest BCUT2D eigenvalue weighted by molar-refractivity contribution is 7.89. The molecule has 15 heteroatoms. The molecule has 2 aromatic carbocycles. The van der Waals surface area contributed by atoms with Gasteiger partial charge in [-0.2, -0.15) is 14.4 Å². The predicted molar refractivity (Wildman–Crippen MR) is 135 cm³/mol. The molecule has 0 atom stereocenters. The maximum atomic E-state index is 13.7. The van der Waals surface area contributed by atoms with Crippen molar-refractivity contribution in [2.75, 3.05) is 31.3 Å². The summed E-state index contributed by atoms with van der Waals surface area (Å²) in [6.45, 7) is 1.06. The molecular weight excluding hydrogens is 541 g/mol. The fourth-order valence-corrected chi connectivity index (χ4v) is 5.97. The van der Waals surface area contributed by atoms with E-state index in [0.29, 0.717) is 23.4 Å². The van der Waals surface area contributed by atoms with E-state index < -0.39 is 32.6 Å². The predicted octanol–water partition coefficient (Wildman–Crippen LogP) is 3.64. The molecule has 0 aliphatic carbocycles. The van der Waals surface area contributed by atoms with Crippen molar-refractivity contribution in [1.82, 2.24) is 9.29 Å². The third-order valence-electron chi connectivity index (χ3n) is 5.51. The van der Waals surface area contributed by atoms with Crippen LogP contribution in [0.3, 0.4) is 0 Å². The van der Waals surface area contributed by atoms with Crippen molar-refractivity contribution in [3.63, 3.8) is 0 Å². The summed E-state index contributed by atoms with van der Waals surface area (Å²) in [4.78, 5) is 28.0. The van der Waals surface area contributed by atoms with Crippen LogP contribution in [0.4, 0.5) is 15.4 Å². The van der Waals surface area contributed by atoms with Crippen LogP contribution >= 0.6 is 11.3 Å². The number of rotatable bonds is 7. The molecule has 1 aliphatic rings. The number of nitro groups is 1. The Kier molecular flexibility index (Phi) is 6.98. The molecule has 0 radical (unpaired) electrons. The minimum Gasteiger partial charge on any atom is -0.400 e. The van der Waals surface area contributed by atoms with Crippen LogP contribution in [0.25, 0.3) is 10.2 Å². The second-order valence-corrected chi connectivity index (χ2v) is 10.9. The number of hydrogen-bond acceptors (Lipinski definition) is 10. The largest absolute Gasteiger partial charge is 0.433 e. The van der Waals surface area contributed by atoms with Crippen LogP contribution in [0, 0.1) is 15.9 Å². The first-order chi connectivity index (χ1) is 18.2. The van der Waals surface area contributed by atoms with E-state index in [9.17, 15) is 27.7 Å². The maximum absolute atomic E-state index is 13.7. The Morgan fingerprint density at radius 1 is 1.16 bits per heavy atom. The third kappa shape index (κ3) is 5.17. The highest BCUT2D eigenvalue weighted by atomic mass is 32.2. The van der Waals surface area contributed by atoms with Crippen molar-refractivity contribution in [2.45, 2.75) is 4.90 Å². The molecule has 3 heterocycles. The van der Waals surface area contributed by atoms with E-state index in [0.717, 1.165) is 28.6 Å². The van der Waals surface area contributed by atoms with E-state index in [1.807, 2.05) is 0 Å². The zero-order valence-electron chi connectivity index (χ0n) is 19.4. The quantitative estimate of drug-likeness (QED) is 0.189. The van der Waals surface area contributed by atoms with Crippen LogP contribution in [0.5, 0.6) is 0 Å². The van der Waals surface area contributed by atoms with Gasteiger partial charge in [-0.05, 0) is 48.5 Å². The van der Waals surface area contributed by atoms with Gasteiger partial charge < -0.3 is 9.15 Å². The molecule has 0 N–H and O–H groups in total. The SMILES string of the molecule is O=C(c1ccc(S(=O)(=O)N2CCOCC2)cc1)N(/N=C/c1ccc([N+](=O)[O-])o1)c1nc2ccc(F)cc2s1. The van der Waals surface area contributed by atoms with Crippen molar-refractivity contribution >= 4 is 54.7 Å². The van der Waals surface area contributed by atoms with Crippen molar-refractivity contribution in [1.29, 1.82) is 0 Å². The van der Waals surface area contributed by atoms with E-state index in [4.69, 9.17) is 9.15 Å². The zero-order valence-corrected chi connectivity index (χ0v) is 21.0. The summed E-state index contributed by atoms with van der Waals surface area (Å²) in [6.07, 6.45) is 1.11. The number of sulfonamides is 1. The smallest absolute Gasteiger partial charge is 0.400 e. The van der Waals surface area contributed by atoms with Gasteiger partial charge in [-0.25, -0.2) is 17.8 Å². The fourth-order valence-electron chi connectivity index (χ4n) is 3.62. The monoisotopic (exact) mass is 559 g/mol. The minimum absolute atomic E-state index is 0.00797. The Balaban J connectivity index is 1.47. The Hall–Kier alpha value is -4.05. The lowest BCUT2D eigenvalue weighted by Gasteiger charge is -2.26. The first-order valence-corrected chi connectivity index (χ1v) is 13.3. The van der Waals surface area contributed by atoms with Gasteiger partial charge in [0.05, 0.1) is 40.6 Å². The van der Waals surface area contributed by atoms with E-state index in [-0.39, 0.29) is 34.4 Å². The van der Waals surface area contributed by atoms with Gasteiger partial charge in [0.25, 0.3) is 5.91 Å². The van der Waals surface area contributed by atoms with E-state index in [1.165, 1.54) is 52.8 Å². The number of nitrogens with zero attached hydrogens (tertiary/aromatic N) is 5. The van der Waals surface area contributed by atoms with Gasteiger partial charge in [-0.3, -0.25) is 14.9 Å². The number of fused-ring (bicyclic) bond motifs is 1. The van der Waals surface area contributed by atoms with Crippen LogP contribution in [0.1, 0.15) is 16.1 Å². The molecule has 12 nitrogen and oxygen atoms in total. The van der Waals surface area contributed by atoms with Crippen molar-refractivity contribution in [2.24, 2.45) is 5.10 Å². The van der Waals surface area contributed by atoms with Crippen molar-refractivity contribution < 1.29 is 31.7 Å². The molecule has 1 fully saturated rings. The lowest BCUT2D eigenvalue weighted by molar-refractivity contribution is -0.402. The molecule has 196 valence electrons. The summed E-state index contributed by atoms with van der Waals surface area (Å²) in [6, 6.07) is 11.8. The van der Waals surface area contributed by atoms with Crippen molar-refractivity contribution in [3.8, 4) is 0 Å². The number of ether oxygens (including phenoxy) is 1. The van der Waals surface area contributed by atoms with Crippen LogP contribution in [0.15, 0.2) is 69.0 Å². The lowest BCUT2D eigenvalue weighted by atomic mass is 10.2. The average Bonchev–Trinajstić information content (AvgIpc) is 3.56. The summed E-state index contributed by atoms with van der Waals surface area (Å²) < 4.78 is 51.6. The minimum atomic E-state index is -3.76. The van der Waals surface area contributed by atoms with Gasteiger partial charge in [0, 0.05) is 18.7 Å². The summed E-state index contributed by atoms with van der Waals surface area (Å²) >= 11 is 1.00. The fraction of sp³-hybridized carbons (Fsp3) is 0.174. The molecule has 38 heavy (non-hydrogen) atoms. The molecule has 2 aromatic heterocycles. The Morgan fingerprint density at radius 3 is 2.58 bits per heavy atom. The molecule has 0 saturated carbocycles. The second kappa shape index (κ2) is 10.4. The molecule has 1 aliphatic heterocycles. The van der Waals surface area contributed by atoms with Gasteiger partial charge in [-0.15, -0.1) is 0 Å². The number of carbonyl (C=O) groups is 1. The Morgan fingerprint density at radius 2 is 1.89 bits per heavy atom. The zero-order chi connectivity index (χ0) is 26.9. The highest BCUT2D eigenvalue weighted by Crippen LogP contribution is 2.31. The molecule has 0 bridgehead atoms. The van der Waals surface area contributed by atoms with Gasteiger partial charge in [0.2, 0.25) is 15.2 Å². The number of halogens is 1. The number of hydrogen-bond donors (Lipinski definition) is 0. The molecule has 1 amide bonds. The van der Waals surface area contributed by atoms with Gasteiger partial charge in [-0.1, -0.05) is 11.3 Å². The first-order valence-electron chi connectivity index (χ1n) is 11.1. The molecule has 0 unspecified atom stereocenters. The maximum Gasteiger partial charge on any atom is 0.433 e. The van der Waals surface area contributed by atoms with E-state index in [2.05, 4.69) is 10.1 Å². The summed E-state index contributed by atoms with van der Waals surface area (Å²) in [5, 5.41) is 16.1. The number of thiazole rings is 1. The number of anilines is 1. The number of amides is 1. The third-order valence-corrected chi connectivity index (χ3v) is 8.42. The summed E-state index contributed by atoms with van der Waals surface area (Å²) in [5.41, 5.74) is 0.527. The summed E-state index contributed by atoms with van der Waals surface area (Å²) in [5.74, 6) is -1.64. The van der Waals surface area contributed by atoms with Crippen LogP contribution in [-0.2, 0) is 14.8 Å². The number of benzene rings is 2.